The summed E-state index contributed by atoms with van der Waals surface area (Å²) in [6.45, 7) is 0.0400. The Labute approximate surface area is 123 Å². The van der Waals surface area contributed by atoms with Crippen molar-refractivity contribution in [3.05, 3.63) is 0 Å². The van der Waals surface area contributed by atoms with E-state index in [-0.39, 0.29) is 0 Å². The third-order valence-electron chi connectivity index (χ3n) is 3.31. The van der Waals surface area contributed by atoms with Gasteiger partial charge in [-0.25, -0.2) is 9.18 Å². The Kier molecular flexibility index (Phi) is 5.78. The van der Waals surface area contributed by atoms with Crippen molar-refractivity contribution in [1.29, 1.82) is 0 Å². The van der Waals surface area contributed by atoms with Gasteiger partial charge in [-0.2, -0.15) is 0 Å². The van der Waals surface area contributed by atoms with Gasteiger partial charge in [0.15, 0.2) is 6.17 Å². The van der Waals surface area contributed by atoms with Crippen molar-refractivity contribution in [3.8, 4) is 0 Å². The average Bonchev–Trinajstić information content (AvgIpc) is 2.45. The zero-order valence-electron chi connectivity index (χ0n) is 11.5. The molecule has 7 N–H and O–H groups in total. The third-order valence-corrected chi connectivity index (χ3v) is 3.31. The van der Waals surface area contributed by atoms with Gasteiger partial charge in [-0.3, -0.25) is 4.79 Å². The largest absolute Gasteiger partial charge is 0.477 e. The second-order valence-electron chi connectivity index (χ2n) is 4.94. The monoisotopic (exact) mass is 327 g/mol. The van der Waals surface area contributed by atoms with E-state index in [9.17, 15) is 34.4 Å². The smallest absolute Gasteiger partial charge is 0.367 e. The number of hydrogen-bond donors (Lipinski definition) is 7. The zero-order chi connectivity index (χ0) is 17.2. The number of amides is 1. The van der Waals surface area contributed by atoms with Crippen LogP contribution in [0.3, 0.4) is 0 Å². The highest BCUT2D eigenvalue weighted by Gasteiger charge is 2.61. The molecule has 1 fully saturated rings. The van der Waals surface area contributed by atoms with E-state index in [2.05, 4.69) is 4.74 Å². The SMILES string of the molecule is CC(=O)N[C@@H]1[C@@H](O)[C@@H](F)[C@](O)(C(=O)O)O[C@H]1[C@H](O)[C@H](O)CO. The van der Waals surface area contributed by atoms with Crippen LogP contribution in [0.2, 0.25) is 0 Å². The van der Waals surface area contributed by atoms with Gasteiger partial charge in [-0.05, 0) is 0 Å². The van der Waals surface area contributed by atoms with Crippen LogP contribution in [0.4, 0.5) is 4.39 Å². The first kappa shape index (κ1) is 18.7. The molecule has 1 aliphatic heterocycles. The zero-order valence-corrected chi connectivity index (χ0v) is 11.5. The van der Waals surface area contributed by atoms with Crippen LogP contribution in [0.1, 0.15) is 6.92 Å². The number of carboxylic acid groups (broad SMARTS) is 1. The number of ether oxygens (including phenoxy) is 1. The summed E-state index contributed by atoms with van der Waals surface area (Å²) in [5.74, 6) is -6.43. The summed E-state index contributed by atoms with van der Waals surface area (Å²) in [6, 6.07) is -1.66. The molecule has 1 rings (SSSR count). The first-order valence-corrected chi connectivity index (χ1v) is 6.26. The van der Waals surface area contributed by atoms with E-state index in [1.54, 1.807) is 0 Å². The van der Waals surface area contributed by atoms with E-state index >= 15 is 0 Å². The van der Waals surface area contributed by atoms with Gasteiger partial charge in [0, 0.05) is 6.92 Å². The van der Waals surface area contributed by atoms with E-state index in [4.69, 9.17) is 10.2 Å². The molecular formula is C11H18FNO9. The minimum absolute atomic E-state index is 0.767. The normalized spacial score (nSPS) is 38.1. The molecule has 0 aromatic heterocycles. The van der Waals surface area contributed by atoms with Crippen molar-refractivity contribution < 1.29 is 49.4 Å². The number of halogens is 1. The second kappa shape index (κ2) is 6.81. The number of aliphatic hydroxyl groups is 5. The quantitative estimate of drug-likeness (QED) is 0.266. The summed E-state index contributed by atoms with van der Waals surface area (Å²) < 4.78 is 18.5. The lowest BCUT2D eigenvalue weighted by molar-refractivity contribution is -0.320. The highest BCUT2D eigenvalue weighted by Crippen LogP contribution is 2.32. The minimum Gasteiger partial charge on any atom is -0.477 e. The number of aliphatic carboxylic acids is 1. The van der Waals surface area contributed by atoms with Gasteiger partial charge in [0.25, 0.3) is 0 Å². The molecule has 0 aromatic rings. The molecule has 1 heterocycles. The van der Waals surface area contributed by atoms with Crippen molar-refractivity contribution in [3.63, 3.8) is 0 Å². The summed E-state index contributed by atoms with van der Waals surface area (Å²) >= 11 is 0. The van der Waals surface area contributed by atoms with Gasteiger partial charge >= 0.3 is 11.8 Å². The van der Waals surface area contributed by atoms with Crippen LogP contribution in [0.25, 0.3) is 0 Å². The van der Waals surface area contributed by atoms with Gasteiger partial charge in [0.2, 0.25) is 5.91 Å². The number of hydrogen-bond acceptors (Lipinski definition) is 8. The van der Waals surface area contributed by atoms with Crippen LogP contribution < -0.4 is 5.32 Å². The fraction of sp³-hybridized carbons (Fsp3) is 0.818. The third kappa shape index (κ3) is 3.34. The molecule has 0 aliphatic carbocycles. The van der Waals surface area contributed by atoms with Crippen molar-refractivity contribution in [2.75, 3.05) is 6.61 Å². The molecule has 0 saturated carbocycles. The number of carbonyl (C=O) groups is 2. The number of alkyl halides is 1. The number of rotatable bonds is 5. The van der Waals surface area contributed by atoms with Crippen LogP contribution in [-0.4, -0.2) is 91.5 Å². The fourth-order valence-electron chi connectivity index (χ4n) is 2.13. The maximum atomic E-state index is 13.9. The molecule has 7 atom stereocenters. The van der Waals surface area contributed by atoms with Crippen molar-refractivity contribution in [2.45, 2.75) is 49.3 Å². The predicted molar refractivity (Wildman–Crippen MR) is 65.1 cm³/mol. The minimum atomic E-state index is -3.49. The van der Waals surface area contributed by atoms with Gasteiger partial charge in [0.05, 0.1) is 12.6 Å². The molecule has 10 nitrogen and oxygen atoms in total. The summed E-state index contributed by atoms with van der Waals surface area (Å²) in [4.78, 5) is 22.1. The fourth-order valence-corrected chi connectivity index (χ4v) is 2.13. The summed E-state index contributed by atoms with van der Waals surface area (Å²) in [7, 11) is 0. The van der Waals surface area contributed by atoms with E-state index in [1.165, 1.54) is 0 Å². The lowest BCUT2D eigenvalue weighted by Gasteiger charge is -2.46. The molecule has 0 radical (unpaired) electrons. The van der Waals surface area contributed by atoms with Gasteiger partial charge in [-0.15, -0.1) is 0 Å². The van der Waals surface area contributed by atoms with E-state index < -0.39 is 60.9 Å². The van der Waals surface area contributed by atoms with Crippen LogP contribution >= 0.6 is 0 Å². The van der Waals surface area contributed by atoms with Crippen molar-refractivity contribution in [2.24, 2.45) is 0 Å². The lowest BCUT2D eigenvalue weighted by Crippen LogP contribution is -2.72. The Morgan fingerprint density at radius 3 is 2.36 bits per heavy atom. The van der Waals surface area contributed by atoms with Gasteiger partial charge in [-0.1, -0.05) is 0 Å². The molecular weight excluding hydrogens is 309 g/mol. The molecule has 0 spiro atoms. The van der Waals surface area contributed by atoms with Crippen LogP contribution in [0, 0.1) is 0 Å². The predicted octanol–water partition coefficient (Wildman–Crippen LogP) is -3.92. The molecule has 22 heavy (non-hydrogen) atoms. The maximum Gasteiger partial charge on any atom is 0.367 e. The lowest BCUT2D eigenvalue weighted by atomic mass is 9.87. The van der Waals surface area contributed by atoms with Crippen molar-refractivity contribution in [1.82, 2.24) is 5.32 Å². The molecule has 0 aromatic carbocycles. The summed E-state index contributed by atoms with van der Waals surface area (Å²) in [5.41, 5.74) is 0. The van der Waals surface area contributed by atoms with E-state index in [0.717, 1.165) is 6.92 Å². The highest BCUT2D eigenvalue weighted by molar-refractivity contribution is 5.77. The van der Waals surface area contributed by atoms with E-state index in [1.807, 2.05) is 5.32 Å². The topological polar surface area (TPSA) is 177 Å². The second-order valence-corrected chi connectivity index (χ2v) is 4.94. The molecule has 128 valence electrons. The molecule has 1 saturated heterocycles. The number of aliphatic hydroxyl groups excluding tert-OH is 4. The Balaban J connectivity index is 3.19. The highest BCUT2D eigenvalue weighted by atomic mass is 19.1. The number of carbonyl (C=O) groups excluding carboxylic acids is 1. The van der Waals surface area contributed by atoms with E-state index in [0.29, 0.717) is 0 Å². The van der Waals surface area contributed by atoms with Crippen molar-refractivity contribution >= 4 is 11.9 Å². The molecule has 0 unspecified atom stereocenters. The summed E-state index contributed by atoms with van der Waals surface area (Å²) in [5, 5.41) is 58.4. The Hall–Kier alpha value is -1.37. The van der Waals surface area contributed by atoms with Crippen LogP contribution in [0.5, 0.6) is 0 Å². The Morgan fingerprint density at radius 1 is 1.41 bits per heavy atom. The molecule has 1 aliphatic rings. The van der Waals surface area contributed by atoms with Crippen LogP contribution in [0.15, 0.2) is 0 Å². The standard InChI is InChI=1S/C11H18FNO9/c1-3(15)13-5-7(18)9(12)11(21,10(19)20)22-8(5)6(17)4(16)2-14/h4-9,14,16-18,21H,2H2,1H3,(H,13,15)(H,19,20)/t4-,5-,6-,7-,8-,9-,11-/m1/s1. The first-order chi connectivity index (χ1) is 10.1. The molecule has 1 amide bonds. The number of nitrogens with one attached hydrogen (secondary N) is 1. The van der Waals surface area contributed by atoms with Gasteiger partial charge < -0.3 is 40.7 Å². The Morgan fingerprint density at radius 2 is 1.95 bits per heavy atom. The maximum absolute atomic E-state index is 13.9. The van der Waals surface area contributed by atoms with Gasteiger partial charge in [0.1, 0.15) is 24.4 Å². The molecule has 0 bridgehead atoms. The first-order valence-electron chi connectivity index (χ1n) is 6.26. The number of carboxylic acids is 1. The average molecular weight is 327 g/mol. The Bertz CT molecular complexity index is 436. The molecule has 11 heteroatoms. The van der Waals surface area contributed by atoms with Crippen LogP contribution in [-0.2, 0) is 14.3 Å². The summed E-state index contributed by atoms with van der Waals surface area (Å²) in [6.07, 6.45) is -10.8.